The summed E-state index contributed by atoms with van der Waals surface area (Å²) in [7, 11) is 2.06. The number of hydrogen-bond acceptors (Lipinski definition) is 4. The maximum absolute atomic E-state index is 12.9. The monoisotopic (exact) mass is 365 g/mol. The smallest absolute Gasteiger partial charge is 0.374 e. The van der Waals surface area contributed by atoms with E-state index in [1.807, 2.05) is 11.8 Å². The molecular weight excluding hydrogens is 335 g/mol. The predicted octanol–water partition coefficient (Wildman–Crippen LogP) is 0.851. The van der Waals surface area contributed by atoms with E-state index in [1.54, 1.807) is 0 Å². The van der Waals surface area contributed by atoms with Crippen LogP contribution in [0.15, 0.2) is 4.99 Å². The van der Waals surface area contributed by atoms with Gasteiger partial charge in [0.15, 0.2) is 5.96 Å². The molecule has 2 rings (SSSR count). The van der Waals surface area contributed by atoms with Gasteiger partial charge >= 0.3 is 6.18 Å². The fourth-order valence-electron chi connectivity index (χ4n) is 3.12. The molecule has 6 nitrogen and oxygen atoms in total. The quantitative estimate of drug-likeness (QED) is 0.591. The first-order valence-corrected chi connectivity index (χ1v) is 8.95. The van der Waals surface area contributed by atoms with Crippen LogP contribution in [-0.4, -0.2) is 105 Å². The van der Waals surface area contributed by atoms with Crippen molar-refractivity contribution in [1.29, 1.82) is 0 Å². The van der Waals surface area contributed by atoms with Crippen LogP contribution in [0.5, 0.6) is 0 Å². The maximum Gasteiger partial charge on any atom is 0.403 e. The molecule has 0 aliphatic carbocycles. The second-order valence-electron chi connectivity index (χ2n) is 6.69. The van der Waals surface area contributed by atoms with Crippen molar-refractivity contribution in [1.82, 2.24) is 20.0 Å². The van der Waals surface area contributed by atoms with Crippen molar-refractivity contribution in [3.63, 3.8) is 0 Å². The summed E-state index contributed by atoms with van der Waals surface area (Å²) >= 11 is 0. The lowest BCUT2D eigenvalue weighted by atomic mass is 10.2. The van der Waals surface area contributed by atoms with Gasteiger partial charge in [-0.15, -0.1) is 0 Å². The Bertz CT molecular complexity index is 438. The van der Waals surface area contributed by atoms with Crippen molar-refractivity contribution in [2.24, 2.45) is 4.99 Å². The standard InChI is InChI=1S/C16H30F3N5O/c1-4-20-15(21-11-14-12-22(3)9-10-25-14)24-7-5-23(6-8-24)13(2)16(17,18)19/h13-14H,4-12H2,1-3H3,(H,20,21). The molecule has 0 spiro atoms. The van der Waals surface area contributed by atoms with Gasteiger partial charge in [0.05, 0.1) is 19.3 Å². The molecule has 2 unspecified atom stereocenters. The molecule has 2 heterocycles. The van der Waals surface area contributed by atoms with Crippen LogP contribution < -0.4 is 5.32 Å². The number of piperazine rings is 1. The largest absolute Gasteiger partial charge is 0.403 e. The third kappa shape index (κ3) is 6.00. The highest BCUT2D eigenvalue weighted by molar-refractivity contribution is 5.80. The zero-order chi connectivity index (χ0) is 18.4. The zero-order valence-corrected chi connectivity index (χ0v) is 15.3. The molecule has 0 saturated carbocycles. The number of hydrogen-bond donors (Lipinski definition) is 1. The number of nitrogens with zero attached hydrogens (tertiary/aromatic N) is 4. The lowest BCUT2D eigenvalue weighted by Gasteiger charge is -2.39. The zero-order valence-electron chi connectivity index (χ0n) is 15.3. The molecule has 2 atom stereocenters. The van der Waals surface area contributed by atoms with Gasteiger partial charge in [0.25, 0.3) is 0 Å². The third-order valence-corrected chi connectivity index (χ3v) is 4.76. The third-order valence-electron chi connectivity index (χ3n) is 4.76. The van der Waals surface area contributed by atoms with Crippen LogP contribution in [0.2, 0.25) is 0 Å². The molecule has 2 aliphatic heterocycles. The number of morpholine rings is 1. The predicted molar refractivity (Wildman–Crippen MR) is 91.9 cm³/mol. The molecule has 25 heavy (non-hydrogen) atoms. The van der Waals surface area contributed by atoms with Gasteiger partial charge in [-0.3, -0.25) is 9.89 Å². The summed E-state index contributed by atoms with van der Waals surface area (Å²) in [5.41, 5.74) is 0. The van der Waals surface area contributed by atoms with Crippen LogP contribution in [0.1, 0.15) is 13.8 Å². The van der Waals surface area contributed by atoms with E-state index in [9.17, 15) is 13.2 Å². The van der Waals surface area contributed by atoms with Crippen LogP contribution in [0.4, 0.5) is 13.2 Å². The number of aliphatic imine (C=N–C) groups is 1. The number of halogens is 3. The Kier molecular flexibility index (Phi) is 7.33. The number of likely N-dealkylation sites (N-methyl/N-ethyl adjacent to an activating group) is 1. The van der Waals surface area contributed by atoms with Crippen LogP contribution in [-0.2, 0) is 4.74 Å². The SMILES string of the molecule is CCNC(=NCC1CN(C)CCO1)N1CCN(C(C)C(F)(F)F)CC1. The number of guanidine groups is 1. The molecule has 0 radical (unpaired) electrons. The minimum atomic E-state index is -4.18. The van der Waals surface area contributed by atoms with Crippen molar-refractivity contribution in [3.05, 3.63) is 0 Å². The molecule has 2 fully saturated rings. The van der Waals surface area contributed by atoms with E-state index in [4.69, 9.17) is 4.74 Å². The molecule has 2 aliphatic rings. The fraction of sp³-hybridized carbons (Fsp3) is 0.938. The average Bonchev–Trinajstić information content (AvgIpc) is 2.57. The Morgan fingerprint density at radius 1 is 1.24 bits per heavy atom. The second-order valence-corrected chi connectivity index (χ2v) is 6.69. The van der Waals surface area contributed by atoms with E-state index in [0.29, 0.717) is 39.3 Å². The molecule has 2 saturated heterocycles. The molecule has 0 aromatic carbocycles. The highest BCUT2D eigenvalue weighted by atomic mass is 19.4. The first-order chi connectivity index (χ1) is 11.8. The van der Waals surface area contributed by atoms with Gasteiger partial charge < -0.3 is 19.9 Å². The normalized spacial score (nSPS) is 25.9. The molecule has 0 bridgehead atoms. The molecule has 0 aromatic rings. The number of rotatable bonds is 4. The van der Waals surface area contributed by atoms with Crippen LogP contribution >= 0.6 is 0 Å². The van der Waals surface area contributed by atoms with Crippen molar-refractivity contribution in [3.8, 4) is 0 Å². The van der Waals surface area contributed by atoms with E-state index in [2.05, 4.69) is 22.3 Å². The van der Waals surface area contributed by atoms with Gasteiger partial charge in [0.2, 0.25) is 0 Å². The summed E-state index contributed by atoms with van der Waals surface area (Å²) in [6, 6.07) is -1.40. The summed E-state index contributed by atoms with van der Waals surface area (Å²) in [4.78, 5) is 10.4. The van der Waals surface area contributed by atoms with E-state index < -0.39 is 12.2 Å². The summed E-state index contributed by atoms with van der Waals surface area (Å²) in [6.07, 6.45) is -4.11. The Morgan fingerprint density at radius 2 is 1.92 bits per heavy atom. The number of ether oxygens (including phenoxy) is 1. The van der Waals surface area contributed by atoms with Crippen molar-refractivity contribution in [2.75, 3.05) is 66.0 Å². The average molecular weight is 365 g/mol. The summed E-state index contributed by atoms with van der Waals surface area (Å²) in [5, 5.41) is 3.24. The van der Waals surface area contributed by atoms with Gasteiger partial charge in [0.1, 0.15) is 6.04 Å². The van der Waals surface area contributed by atoms with E-state index in [0.717, 1.165) is 25.6 Å². The van der Waals surface area contributed by atoms with E-state index in [1.165, 1.54) is 11.8 Å². The Labute approximate surface area is 148 Å². The summed E-state index contributed by atoms with van der Waals surface area (Å²) in [6.45, 7) is 8.83. The van der Waals surface area contributed by atoms with Crippen LogP contribution in [0.25, 0.3) is 0 Å². The molecule has 0 amide bonds. The Hall–Kier alpha value is -1.06. The first kappa shape index (κ1) is 20.3. The second kappa shape index (κ2) is 9.05. The molecule has 0 aromatic heterocycles. The minimum absolute atomic E-state index is 0.0685. The van der Waals surface area contributed by atoms with Crippen molar-refractivity contribution >= 4 is 5.96 Å². The minimum Gasteiger partial charge on any atom is -0.374 e. The van der Waals surface area contributed by atoms with E-state index in [-0.39, 0.29) is 6.10 Å². The molecule has 1 N–H and O–H groups in total. The van der Waals surface area contributed by atoms with Crippen molar-refractivity contribution in [2.45, 2.75) is 32.2 Å². The highest BCUT2D eigenvalue weighted by Gasteiger charge is 2.41. The Balaban J connectivity index is 1.89. The highest BCUT2D eigenvalue weighted by Crippen LogP contribution is 2.25. The van der Waals surface area contributed by atoms with Crippen LogP contribution in [0.3, 0.4) is 0 Å². The van der Waals surface area contributed by atoms with Gasteiger partial charge in [-0.2, -0.15) is 13.2 Å². The van der Waals surface area contributed by atoms with Crippen molar-refractivity contribution < 1.29 is 17.9 Å². The lowest BCUT2D eigenvalue weighted by molar-refractivity contribution is -0.181. The Morgan fingerprint density at radius 3 is 2.48 bits per heavy atom. The van der Waals surface area contributed by atoms with E-state index >= 15 is 0 Å². The molecule has 146 valence electrons. The number of alkyl halides is 3. The topological polar surface area (TPSA) is 43.3 Å². The first-order valence-electron chi connectivity index (χ1n) is 8.95. The van der Waals surface area contributed by atoms with Gasteiger partial charge in [-0.05, 0) is 20.9 Å². The fourth-order valence-corrected chi connectivity index (χ4v) is 3.12. The molecular formula is C16H30F3N5O. The van der Waals surface area contributed by atoms with Gasteiger partial charge in [-0.25, -0.2) is 0 Å². The number of nitrogens with one attached hydrogen (secondary N) is 1. The lowest BCUT2D eigenvalue weighted by Crippen LogP contribution is -2.57. The summed E-state index contributed by atoms with van der Waals surface area (Å²) < 4.78 is 44.3. The summed E-state index contributed by atoms with van der Waals surface area (Å²) in [5.74, 6) is 0.763. The molecule has 9 heteroatoms. The van der Waals surface area contributed by atoms with Gasteiger partial charge in [0, 0.05) is 45.8 Å². The maximum atomic E-state index is 12.9. The van der Waals surface area contributed by atoms with Crippen LogP contribution in [0, 0.1) is 0 Å². The van der Waals surface area contributed by atoms with Gasteiger partial charge in [-0.1, -0.05) is 0 Å².